The van der Waals surface area contributed by atoms with Crippen LogP contribution in [0.2, 0.25) is 0 Å². The standard InChI is InChI=1S/C13H20N2O3/c1-4-13(2,14)9-18-8-11-6-5-10(7-15-11)12(16)17-3/h5-7H,4,8-9,14H2,1-3H3. The van der Waals surface area contributed by atoms with E-state index in [0.29, 0.717) is 18.8 Å². The molecule has 5 heteroatoms. The fourth-order valence-corrected chi connectivity index (χ4v) is 1.24. The Bertz CT molecular complexity index is 388. The van der Waals surface area contributed by atoms with Crippen LogP contribution in [0.3, 0.4) is 0 Å². The van der Waals surface area contributed by atoms with E-state index in [0.717, 1.165) is 12.1 Å². The highest BCUT2D eigenvalue weighted by atomic mass is 16.5. The molecule has 5 nitrogen and oxygen atoms in total. The summed E-state index contributed by atoms with van der Waals surface area (Å²) in [7, 11) is 1.34. The lowest BCUT2D eigenvalue weighted by Crippen LogP contribution is -2.40. The van der Waals surface area contributed by atoms with E-state index in [1.54, 1.807) is 12.1 Å². The smallest absolute Gasteiger partial charge is 0.339 e. The molecule has 0 spiro atoms. The van der Waals surface area contributed by atoms with Crippen LogP contribution in [0.1, 0.15) is 36.3 Å². The zero-order valence-electron chi connectivity index (χ0n) is 11.1. The summed E-state index contributed by atoms with van der Waals surface area (Å²) < 4.78 is 10.1. The lowest BCUT2D eigenvalue weighted by Gasteiger charge is -2.22. The first-order valence-electron chi connectivity index (χ1n) is 5.88. The van der Waals surface area contributed by atoms with Gasteiger partial charge >= 0.3 is 5.97 Å². The molecule has 0 bridgehead atoms. The Labute approximate surface area is 107 Å². The second-order valence-electron chi connectivity index (χ2n) is 4.53. The summed E-state index contributed by atoms with van der Waals surface area (Å²) in [4.78, 5) is 15.3. The Morgan fingerprint density at radius 3 is 2.72 bits per heavy atom. The molecule has 18 heavy (non-hydrogen) atoms. The third kappa shape index (κ3) is 4.43. The van der Waals surface area contributed by atoms with Gasteiger partial charge in [-0.2, -0.15) is 0 Å². The van der Waals surface area contributed by atoms with Crippen molar-refractivity contribution in [3.63, 3.8) is 0 Å². The van der Waals surface area contributed by atoms with Gasteiger partial charge < -0.3 is 15.2 Å². The maximum absolute atomic E-state index is 11.2. The molecule has 1 aromatic rings. The van der Waals surface area contributed by atoms with Gasteiger partial charge in [0.05, 0.1) is 31.6 Å². The number of rotatable bonds is 6. The number of nitrogens with two attached hydrogens (primary N) is 1. The van der Waals surface area contributed by atoms with Crippen LogP contribution in [0.15, 0.2) is 18.3 Å². The molecule has 0 aliphatic heterocycles. The van der Waals surface area contributed by atoms with Gasteiger partial charge in [0.15, 0.2) is 0 Å². The van der Waals surface area contributed by atoms with Crippen molar-refractivity contribution in [1.29, 1.82) is 0 Å². The molecule has 0 saturated carbocycles. The number of ether oxygens (including phenoxy) is 2. The molecule has 1 atom stereocenters. The van der Waals surface area contributed by atoms with Crippen molar-refractivity contribution in [3.8, 4) is 0 Å². The monoisotopic (exact) mass is 252 g/mol. The minimum atomic E-state index is -0.393. The summed E-state index contributed by atoms with van der Waals surface area (Å²) in [5.74, 6) is -0.393. The van der Waals surface area contributed by atoms with E-state index in [-0.39, 0.29) is 5.54 Å². The van der Waals surface area contributed by atoms with E-state index in [2.05, 4.69) is 9.72 Å². The van der Waals surface area contributed by atoms with Crippen LogP contribution < -0.4 is 5.73 Å². The SMILES string of the molecule is CCC(C)(N)COCc1ccc(C(=O)OC)cn1. The molecule has 1 aromatic heterocycles. The molecule has 1 heterocycles. The van der Waals surface area contributed by atoms with E-state index in [1.807, 2.05) is 13.8 Å². The zero-order valence-corrected chi connectivity index (χ0v) is 11.1. The van der Waals surface area contributed by atoms with Crippen molar-refractivity contribution in [2.45, 2.75) is 32.4 Å². The number of aromatic nitrogens is 1. The third-order valence-electron chi connectivity index (χ3n) is 2.74. The molecule has 0 aliphatic rings. The Morgan fingerprint density at radius 1 is 1.50 bits per heavy atom. The van der Waals surface area contributed by atoms with Crippen molar-refractivity contribution in [1.82, 2.24) is 4.98 Å². The molecule has 0 fully saturated rings. The Balaban J connectivity index is 2.47. The summed E-state index contributed by atoms with van der Waals surface area (Å²) in [5, 5.41) is 0. The van der Waals surface area contributed by atoms with E-state index in [1.165, 1.54) is 13.3 Å². The van der Waals surface area contributed by atoms with Crippen LogP contribution in [0.4, 0.5) is 0 Å². The van der Waals surface area contributed by atoms with Crippen molar-refractivity contribution < 1.29 is 14.3 Å². The molecular formula is C13H20N2O3. The molecule has 0 saturated heterocycles. The maximum Gasteiger partial charge on any atom is 0.339 e. The summed E-state index contributed by atoms with van der Waals surface area (Å²) in [5.41, 5.74) is 6.83. The quantitative estimate of drug-likeness (QED) is 0.777. The molecule has 0 aromatic carbocycles. The average molecular weight is 252 g/mol. The predicted octanol–water partition coefficient (Wildman–Crippen LogP) is 1.51. The van der Waals surface area contributed by atoms with Crippen LogP contribution in [-0.4, -0.2) is 30.2 Å². The second kappa shape index (κ2) is 6.47. The van der Waals surface area contributed by atoms with Crippen LogP contribution >= 0.6 is 0 Å². The Kier molecular flexibility index (Phi) is 5.25. The highest BCUT2D eigenvalue weighted by Crippen LogP contribution is 2.08. The minimum Gasteiger partial charge on any atom is -0.465 e. The molecule has 1 unspecified atom stereocenters. The number of methoxy groups -OCH3 is 1. The van der Waals surface area contributed by atoms with Crippen LogP contribution in [0.25, 0.3) is 0 Å². The lowest BCUT2D eigenvalue weighted by atomic mass is 10.0. The second-order valence-corrected chi connectivity index (χ2v) is 4.53. The number of nitrogens with zero attached hydrogens (tertiary/aromatic N) is 1. The molecular weight excluding hydrogens is 232 g/mol. The van der Waals surface area contributed by atoms with Gasteiger partial charge in [0.2, 0.25) is 0 Å². The first kappa shape index (κ1) is 14.6. The number of hydrogen-bond acceptors (Lipinski definition) is 5. The number of carbonyl (C=O) groups is 1. The third-order valence-corrected chi connectivity index (χ3v) is 2.74. The summed E-state index contributed by atoms with van der Waals surface area (Å²) in [6.07, 6.45) is 2.33. The Hall–Kier alpha value is -1.46. The minimum absolute atomic E-state index is 0.314. The van der Waals surface area contributed by atoms with Gasteiger partial charge in [-0.25, -0.2) is 4.79 Å². The number of carbonyl (C=O) groups excluding carboxylic acids is 1. The lowest BCUT2D eigenvalue weighted by molar-refractivity contribution is 0.0599. The van der Waals surface area contributed by atoms with E-state index in [4.69, 9.17) is 10.5 Å². The van der Waals surface area contributed by atoms with Gasteiger partial charge in [-0.05, 0) is 25.5 Å². The number of hydrogen-bond donors (Lipinski definition) is 1. The van der Waals surface area contributed by atoms with Crippen LogP contribution in [-0.2, 0) is 16.1 Å². The first-order chi connectivity index (χ1) is 8.48. The van der Waals surface area contributed by atoms with E-state index in [9.17, 15) is 4.79 Å². The van der Waals surface area contributed by atoms with Crippen LogP contribution in [0, 0.1) is 0 Å². The van der Waals surface area contributed by atoms with Gasteiger partial charge in [-0.3, -0.25) is 4.98 Å². The summed E-state index contributed by atoms with van der Waals surface area (Å²) in [6, 6.07) is 3.41. The fourth-order valence-electron chi connectivity index (χ4n) is 1.24. The largest absolute Gasteiger partial charge is 0.465 e. The van der Waals surface area contributed by atoms with Gasteiger partial charge in [0, 0.05) is 11.7 Å². The number of esters is 1. The topological polar surface area (TPSA) is 74.4 Å². The molecule has 2 N–H and O–H groups in total. The van der Waals surface area contributed by atoms with Gasteiger partial charge in [-0.1, -0.05) is 6.92 Å². The molecule has 1 rings (SSSR count). The van der Waals surface area contributed by atoms with Crippen molar-refractivity contribution in [3.05, 3.63) is 29.6 Å². The predicted molar refractivity (Wildman–Crippen MR) is 68.1 cm³/mol. The first-order valence-corrected chi connectivity index (χ1v) is 5.88. The molecule has 0 amide bonds. The highest BCUT2D eigenvalue weighted by Gasteiger charge is 2.15. The van der Waals surface area contributed by atoms with Gasteiger partial charge in [0.1, 0.15) is 0 Å². The van der Waals surface area contributed by atoms with Crippen molar-refractivity contribution in [2.24, 2.45) is 5.73 Å². The van der Waals surface area contributed by atoms with E-state index >= 15 is 0 Å². The van der Waals surface area contributed by atoms with E-state index < -0.39 is 5.97 Å². The van der Waals surface area contributed by atoms with Gasteiger partial charge in [-0.15, -0.1) is 0 Å². The molecule has 100 valence electrons. The summed E-state index contributed by atoms with van der Waals surface area (Å²) >= 11 is 0. The average Bonchev–Trinajstić information content (AvgIpc) is 2.38. The molecule has 0 aliphatic carbocycles. The summed E-state index contributed by atoms with van der Waals surface area (Å²) in [6.45, 7) is 4.83. The van der Waals surface area contributed by atoms with Crippen molar-refractivity contribution >= 4 is 5.97 Å². The van der Waals surface area contributed by atoms with Gasteiger partial charge in [0.25, 0.3) is 0 Å². The van der Waals surface area contributed by atoms with Crippen molar-refractivity contribution in [2.75, 3.05) is 13.7 Å². The highest BCUT2D eigenvalue weighted by molar-refractivity contribution is 5.88. The fraction of sp³-hybridized carbons (Fsp3) is 0.538. The molecule has 0 radical (unpaired) electrons. The normalized spacial score (nSPS) is 14.0. The zero-order chi connectivity index (χ0) is 13.6. The maximum atomic E-state index is 11.2. The number of pyridine rings is 1. The Morgan fingerprint density at radius 2 is 2.22 bits per heavy atom. The van der Waals surface area contributed by atoms with Crippen LogP contribution in [0.5, 0.6) is 0 Å².